The van der Waals surface area contributed by atoms with Gasteiger partial charge in [-0.15, -0.1) is 0 Å². The minimum Gasteiger partial charge on any atom is -0.0845 e. The summed E-state index contributed by atoms with van der Waals surface area (Å²) in [5.41, 5.74) is 0. The Bertz CT molecular complexity index is 94.5. The molecule has 0 saturated carbocycles. The molecule has 0 bridgehead atoms. The van der Waals surface area contributed by atoms with Gasteiger partial charge in [0.25, 0.3) is 0 Å². The van der Waals surface area contributed by atoms with Crippen LogP contribution < -0.4 is 0 Å². The first kappa shape index (κ1) is 10.2. The lowest BCUT2D eigenvalue weighted by molar-refractivity contribution is 0.836. The summed E-state index contributed by atoms with van der Waals surface area (Å²) in [6, 6.07) is 0. The molecule has 1 unspecified atom stereocenters. The highest BCUT2D eigenvalue weighted by atomic mass is 79.9. The van der Waals surface area contributed by atoms with Crippen LogP contribution in [0.4, 0.5) is 0 Å². The SMILES string of the molecule is CCCC(Br)C=C(Br)Br. The van der Waals surface area contributed by atoms with E-state index in [-0.39, 0.29) is 0 Å². The van der Waals surface area contributed by atoms with Crippen molar-refractivity contribution >= 4 is 47.8 Å². The van der Waals surface area contributed by atoms with Crippen molar-refractivity contribution in [2.24, 2.45) is 0 Å². The number of allylic oxidation sites excluding steroid dienone is 1. The van der Waals surface area contributed by atoms with Crippen molar-refractivity contribution in [3.63, 3.8) is 0 Å². The summed E-state index contributed by atoms with van der Waals surface area (Å²) >= 11 is 10.1. The fourth-order valence-electron chi connectivity index (χ4n) is 0.496. The van der Waals surface area contributed by atoms with Crippen LogP contribution in [0.3, 0.4) is 0 Å². The Kier molecular flexibility index (Phi) is 6.70. The van der Waals surface area contributed by atoms with Crippen LogP contribution >= 0.6 is 47.8 Å². The minimum absolute atomic E-state index is 0.497. The molecule has 1 atom stereocenters. The van der Waals surface area contributed by atoms with Crippen molar-refractivity contribution in [3.8, 4) is 0 Å². The molecule has 3 heteroatoms. The van der Waals surface area contributed by atoms with Crippen LogP contribution in [0.25, 0.3) is 0 Å². The Balaban J connectivity index is 3.49. The van der Waals surface area contributed by atoms with Gasteiger partial charge in [-0.2, -0.15) is 0 Å². The van der Waals surface area contributed by atoms with E-state index in [9.17, 15) is 0 Å². The van der Waals surface area contributed by atoms with E-state index in [1.807, 2.05) is 0 Å². The van der Waals surface area contributed by atoms with Gasteiger partial charge < -0.3 is 0 Å². The predicted octanol–water partition coefficient (Wildman–Crippen LogP) is 4.18. The Labute approximate surface area is 81.5 Å². The van der Waals surface area contributed by atoms with Crippen molar-refractivity contribution in [3.05, 3.63) is 9.47 Å². The third-order valence-electron chi connectivity index (χ3n) is 0.871. The molecule has 0 aliphatic rings. The molecule has 0 radical (unpaired) electrons. The molecule has 0 aromatic heterocycles. The molecule has 0 amide bonds. The third kappa shape index (κ3) is 7.07. The second-order valence-electron chi connectivity index (χ2n) is 1.76. The number of alkyl halides is 1. The molecule has 0 spiro atoms. The first-order chi connectivity index (χ1) is 4.16. The fraction of sp³-hybridized carbons (Fsp3) is 0.667. The number of hydrogen-bond donors (Lipinski definition) is 0. The van der Waals surface area contributed by atoms with Crippen LogP contribution in [0.1, 0.15) is 19.8 Å². The third-order valence-corrected chi connectivity index (χ3v) is 2.12. The van der Waals surface area contributed by atoms with Crippen molar-refractivity contribution in [2.75, 3.05) is 0 Å². The van der Waals surface area contributed by atoms with Crippen LogP contribution in [0.5, 0.6) is 0 Å². The second-order valence-corrected chi connectivity index (χ2v) is 5.71. The van der Waals surface area contributed by atoms with E-state index < -0.39 is 0 Å². The molecule has 0 aromatic rings. The normalized spacial score (nSPS) is 12.9. The zero-order valence-electron chi connectivity index (χ0n) is 5.20. The molecule has 54 valence electrons. The van der Waals surface area contributed by atoms with Crippen LogP contribution in [0.2, 0.25) is 0 Å². The van der Waals surface area contributed by atoms with E-state index in [4.69, 9.17) is 0 Å². The minimum atomic E-state index is 0.497. The molecular formula is C6H9Br3. The molecular weight excluding hydrogens is 312 g/mol. The Morgan fingerprint density at radius 1 is 1.56 bits per heavy atom. The highest BCUT2D eigenvalue weighted by Gasteiger charge is 1.96. The van der Waals surface area contributed by atoms with Gasteiger partial charge in [0, 0.05) is 4.83 Å². The molecule has 0 aromatic carbocycles. The molecule has 0 aliphatic carbocycles. The lowest BCUT2D eigenvalue weighted by Gasteiger charge is -1.99. The van der Waals surface area contributed by atoms with Gasteiger partial charge in [-0.25, -0.2) is 0 Å². The van der Waals surface area contributed by atoms with E-state index >= 15 is 0 Å². The zero-order valence-corrected chi connectivity index (χ0v) is 9.96. The van der Waals surface area contributed by atoms with Gasteiger partial charge in [0.1, 0.15) is 0 Å². The summed E-state index contributed by atoms with van der Waals surface area (Å²) in [6.45, 7) is 2.17. The van der Waals surface area contributed by atoms with Crippen LogP contribution in [-0.4, -0.2) is 4.83 Å². The first-order valence-electron chi connectivity index (χ1n) is 2.83. The second kappa shape index (κ2) is 5.93. The van der Waals surface area contributed by atoms with Gasteiger partial charge in [0.05, 0.1) is 3.39 Å². The maximum Gasteiger partial charge on any atom is 0.0575 e. The maximum atomic E-state index is 3.50. The molecule has 0 fully saturated rings. The van der Waals surface area contributed by atoms with E-state index in [1.165, 1.54) is 12.8 Å². The molecule has 0 aliphatic heterocycles. The first-order valence-corrected chi connectivity index (χ1v) is 5.34. The van der Waals surface area contributed by atoms with Crippen molar-refractivity contribution in [2.45, 2.75) is 24.6 Å². The molecule has 0 N–H and O–H groups in total. The monoisotopic (exact) mass is 318 g/mol. The Hall–Kier alpha value is 1.18. The fourth-order valence-corrected chi connectivity index (χ4v) is 2.57. The average molecular weight is 321 g/mol. The van der Waals surface area contributed by atoms with Crippen molar-refractivity contribution in [1.29, 1.82) is 0 Å². The van der Waals surface area contributed by atoms with Crippen molar-refractivity contribution < 1.29 is 0 Å². The van der Waals surface area contributed by atoms with Gasteiger partial charge in [-0.1, -0.05) is 29.3 Å². The van der Waals surface area contributed by atoms with Gasteiger partial charge in [0.15, 0.2) is 0 Å². The lowest BCUT2D eigenvalue weighted by atomic mass is 10.2. The van der Waals surface area contributed by atoms with E-state index in [0.29, 0.717) is 4.83 Å². The highest BCUT2D eigenvalue weighted by molar-refractivity contribution is 9.28. The lowest BCUT2D eigenvalue weighted by Crippen LogP contribution is -1.89. The number of hydrogen-bond acceptors (Lipinski definition) is 0. The van der Waals surface area contributed by atoms with Crippen LogP contribution in [-0.2, 0) is 0 Å². The van der Waals surface area contributed by atoms with Gasteiger partial charge in [-0.05, 0) is 44.4 Å². The van der Waals surface area contributed by atoms with Gasteiger partial charge in [-0.3, -0.25) is 0 Å². The largest absolute Gasteiger partial charge is 0.0845 e. The smallest absolute Gasteiger partial charge is 0.0575 e. The topological polar surface area (TPSA) is 0 Å². The molecule has 0 heterocycles. The van der Waals surface area contributed by atoms with E-state index in [1.54, 1.807) is 0 Å². The molecule has 0 saturated heterocycles. The zero-order chi connectivity index (χ0) is 7.28. The van der Waals surface area contributed by atoms with Gasteiger partial charge in [0.2, 0.25) is 0 Å². The molecule has 9 heavy (non-hydrogen) atoms. The van der Waals surface area contributed by atoms with Crippen LogP contribution in [0.15, 0.2) is 9.47 Å². The van der Waals surface area contributed by atoms with Crippen molar-refractivity contribution in [1.82, 2.24) is 0 Å². The summed E-state index contributed by atoms with van der Waals surface area (Å²) in [5.74, 6) is 0. The average Bonchev–Trinajstić information content (AvgIpc) is 1.63. The predicted molar refractivity (Wildman–Crippen MR) is 53.6 cm³/mol. The Morgan fingerprint density at radius 3 is 2.44 bits per heavy atom. The molecule has 0 nitrogen and oxygen atoms in total. The maximum absolute atomic E-state index is 3.50. The summed E-state index contributed by atoms with van der Waals surface area (Å²) in [5, 5.41) is 0. The summed E-state index contributed by atoms with van der Waals surface area (Å²) in [4.78, 5) is 0.497. The standard InChI is InChI=1S/C6H9Br3/c1-2-3-5(7)4-6(8)9/h4-5H,2-3H2,1H3. The summed E-state index contributed by atoms with van der Waals surface area (Å²) in [7, 11) is 0. The molecule has 0 rings (SSSR count). The van der Waals surface area contributed by atoms with E-state index in [0.717, 1.165) is 3.39 Å². The quantitative estimate of drug-likeness (QED) is 0.684. The Morgan fingerprint density at radius 2 is 2.11 bits per heavy atom. The number of halogens is 3. The van der Waals surface area contributed by atoms with E-state index in [2.05, 4.69) is 60.8 Å². The summed E-state index contributed by atoms with van der Waals surface area (Å²) in [6.07, 6.45) is 4.48. The summed E-state index contributed by atoms with van der Waals surface area (Å²) < 4.78 is 1.02. The highest BCUT2D eigenvalue weighted by Crippen LogP contribution is 2.19. The number of rotatable bonds is 3. The van der Waals surface area contributed by atoms with Crippen LogP contribution in [0, 0.1) is 0 Å². The van der Waals surface area contributed by atoms with Gasteiger partial charge >= 0.3 is 0 Å².